The maximum absolute atomic E-state index is 11.0. The zero-order valence-electron chi connectivity index (χ0n) is 11.9. The number of rotatable bonds is 6. The van der Waals surface area contributed by atoms with Crippen LogP contribution in [-0.2, 0) is 11.3 Å². The van der Waals surface area contributed by atoms with E-state index in [9.17, 15) is 4.79 Å². The number of aryl methyl sites for hydroxylation is 1. The van der Waals surface area contributed by atoms with Crippen LogP contribution in [0.1, 0.15) is 26.7 Å². The standard InChI is InChI=1S/C15H20N4O/c1-3-4-10-19-11-9-16-15(19)18-14-7-5-13(6-8-14)17-12(2)20/h5-9,11H,3-4,10H2,1-2H3,(H,16,18)(H,17,20). The third-order valence-electron chi connectivity index (χ3n) is 2.93. The Morgan fingerprint density at radius 2 is 1.95 bits per heavy atom. The van der Waals surface area contributed by atoms with Crippen LogP contribution in [0.5, 0.6) is 0 Å². The van der Waals surface area contributed by atoms with Gasteiger partial charge in [-0.2, -0.15) is 0 Å². The van der Waals surface area contributed by atoms with Gasteiger partial charge in [-0.3, -0.25) is 4.79 Å². The number of hydrogen-bond donors (Lipinski definition) is 2. The van der Waals surface area contributed by atoms with E-state index >= 15 is 0 Å². The molecule has 0 bridgehead atoms. The average molecular weight is 272 g/mol. The van der Waals surface area contributed by atoms with E-state index in [1.54, 1.807) is 6.20 Å². The molecular formula is C15H20N4O. The van der Waals surface area contributed by atoms with Crippen molar-refractivity contribution >= 4 is 23.2 Å². The molecule has 2 rings (SSSR count). The van der Waals surface area contributed by atoms with Gasteiger partial charge in [0.1, 0.15) is 0 Å². The van der Waals surface area contributed by atoms with Crippen LogP contribution < -0.4 is 10.6 Å². The molecule has 5 heteroatoms. The molecule has 1 aromatic carbocycles. The maximum atomic E-state index is 11.0. The van der Waals surface area contributed by atoms with Crippen molar-refractivity contribution in [1.29, 1.82) is 0 Å². The molecule has 0 atom stereocenters. The lowest BCUT2D eigenvalue weighted by Gasteiger charge is -2.10. The summed E-state index contributed by atoms with van der Waals surface area (Å²) in [6.45, 7) is 4.63. The van der Waals surface area contributed by atoms with Crippen LogP contribution in [0.2, 0.25) is 0 Å². The van der Waals surface area contributed by atoms with E-state index in [1.807, 2.05) is 30.5 Å². The van der Waals surface area contributed by atoms with Crippen molar-refractivity contribution in [2.75, 3.05) is 10.6 Å². The molecule has 20 heavy (non-hydrogen) atoms. The molecule has 1 heterocycles. The highest BCUT2D eigenvalue weighted by Gasteiger charge is 2.03. The minimum atomic E-state index is -0.0687. The van der Waals surface area contributed by atoms with Crippen LogP contribution in [0.3, 0.4) is 0 Å². The number of carbonyl (C=O) groups is 1. The number of unbranched alkanes of at least 4 members (excludes halogenated alkanes) is 1. The Morgan fingerprint density at radius 3 is 2.60 bits per heavy atom. The Morgan fingerprint density at radius 1 is 1.25 bits per heavy atom. The number of benzene rings is 1. The first-order valence-corrected chi connectivity index (χ1v) is 6.85. The first kappa shape index (κ1) is 14.1. The highest BCUT2D eigenvalue weighted by atomic mass is 16.1. The lowest BCUT2D eigenvalue weighted by atomic mass is 10.3. The Labute approximate surface area is 119 Å². The molecule has 0 aliphatic rings. The van der Waals surface area contributed by atoms with Gasteiger partial charge in [-0.15, -0.1) is 0 Å². The topological polar surface area (TPSA) is 59.0 Å². The molecule has 5 nitrogen and oxygen atoms in total. The van der Waals surface area contributed by atoms with Gasteiger partial charge in [0, 0.05) is 37.2 Å². The number of nitrogens with zero attached hydrogens (tertiary/aromatic N) is 2. The normalized spacial score (nSPS) is 10.3. The Balaban J connectivity index is 2.02. The van der Waals surface area contributed by atoms with Gasteiger partial charge in [0.05, 0.1) is 0 Å². The number of imidazole rings is 1. The zero-order valence-corrected chi connectivity index (χ0v) is 11.9. The fourth-order valence-electron chi connectivity index (χ4n) is 1.91. The molecule has 2 aromatic rings. The first-order valence-electron chi connectivity index (χ1n) is 6.85. The van der Waals surface area contributed by atoms with Crippen molar-refractivity contribution in [3.8, 4) is 0 Å². The fourth-order valence-corrected chi connectivity index (χ4v) is 1.91. The monoisotopic (exact) mass is 272 g/mol. The van der Waals surface area contributed by atoms with Gasteiger partial charge in [0.15, 0.2) is 0 Å². The molecular weight excluding hydrogens is 252 g/mol. The fraction of sp³-hybridized carbons (Fsp3) is 0.333. The first-order chi connectivity index (χ1) is 9.69. The number of anilines is 3. The van der Waals surface area contributed by atoms with Crippen molar-refractivity contribution < 1.29 is 4.79 Å². The Bertz CT molecular complexity index is 560. The van der Waals surface area contributed by atoms with Crippen molar-refractivity contribution in [2.24, 2.45) is 0 Å². The molecule has 0 saturated heterocycles. The molecule has 0 spiro atoms. The molecule has 0 unspecified atom stereocenters. The largest absolute Gasteiger partial charge is 0.326 e. The SMILES string of the molecule is CCCCn1ccnc1Nc1ccc(NC(C)=O)cc1. The highest BCUT2D eigenvalue weighted by Crippen LogP contribution is 2.18. The van der Waals surface area contributed by atoms with Crippen LogP contribution in [0.15, 0.2) is 36.7 Å². The van der Waals surface area contributed by atoms with E-state index in [0.717, 1.165) is 36.7 Å². The van der Waals surface area contributed by atoms with Crippen LogP contribution >= 0.6 is 0 Å². The van der Waals surface area contributed by atoms with Crippen LogP contribution in [0, 0.1) is 0 Å². The number of nitrogens with one attached hydrogen (secondary N) is 2. The smallest absolute Gasteiger partial charge is 0.221 e. The second-order valence-corrected chi connectivity index (χ2v) is 4.68. The molecule has 0 radical (unpaired) electrons. The van der Waals surface area contributed by atoms with Crippen molar-refractivity contribution in [3.63, 3.8) is 0 Å². The van der Waals surface area contributed by atoms with Gasteiger partial charge in [-0.25, -0.2) is 4.98 Å². The van der Waals surface area contributed by atoms with Crippen molar-refractivity contribution in [2.45, 2.75) is 33.2 Å². The minimum absolute atomic E-state index is 0.0687. The van der Waals surface area contributed by atoms with Crippen molar-refractivity contribution in [3.05, 3.63) is 36.7 Å². The zero-order chi connectivity index (χ0) is 14.4. The number of carbonyl (C=O) groups excluding carboxylic acids is 1. The molecule has 0 fully saturated rings. The van der Waals surface area contributed by atoms with E-state index in [4.69, 9.17) is 0 Å². The summed E-state index contributed by atoms with van der Waals surface area (Å²) >= 11 is 0. The minimum Gasteiger partial charge on any atom is -0.326 e. The summed E-state index contributed by atoms with van der Waals surface area (Å²) < 4.78 is 2.10. The van der Waals surface area contributed by atoms with E-state index in [0.29, 0.717) is 0 Å². The molecule has 2 N–H and O–H groups in total. The van der Waals surface area contributed by atoms with E-state index in [-0.39, 0.29) is 5.91 Å². The summed E-state index contributed by atoms with van der Waals surface area (Å²) in [7, 11) is 0. The van der Waals surface area contributed by atoms with Gasteiger partial charge in [-0.1, -0.05) is 13.3 Å². The third kappa shape index (κ3) is 3.85. The quantitative estimate of drug-likeness (QED) is 0.847. The van der Waals surface area contributed by atoms with E-state index < -0.39 is 0 Å². The predicted molar refractivity (Wildman–Crippen MR) is 81.2 cm³/mol. The molecule has 0 aliphatic heterocycles. The second-order valence-electron chi connectivity index (χ2n) is 4.68. The number of amides is 1. The summed E-state index contributed by atoms with van der Waals surface area (Å²) in [6, 6.07) is 7.57. The molecule has 106 valence electrons. The third-order valence-corrected chi connectivity index (χ3v) is 2.93. The van der Waals surface area contributed by atoms with Crippen LogP contribution in [0.25, 0.3) is 0 Å². The van der Waals surface area contributed by atoms with Crippen LogP contribution in [-0.4, -0.2) is 15.5 Å². The second kappa shape index (κ2) is 6.75. The molecule has 1 amide bonds. The lowest BCUT2D eigenvalue weighted by Crippen LogP contribution is -2.06. The van der Waals surface area contributed by atoms with Crippen LogP contribution in [0.4, 0.5) is 17.3 Å². The maximum Gasteiger partial charge on any atom is 0.221 e. The van der Waals surface area contributed by atoms with Gasteiger partial charge >= 0.3 is 0 Å². The highest BCUT2D eigenvalue weighted by molar-refractivity contribution is 5.88. The molecule has 0 saturated carbocycles. The summed E-state index contributed by atoms with van der Waals surface area (Å²) in [4.78, 5) is 15.3. The Hall–Kier alpha value is -2.30. The van der Waals surface area contributed by atoms with Gasteiger partial charge in [0.25, 0.3) is 0 Å². The van der Waals surface area contributed by atoms with Crippen molar-refractivity contribution in [1.82, 2.24) is 9.55 Å². The van der Waals surface area contributed by atoms with Gasteiger partial charge < -0.3 is 15.2 Å². The summed E-state index contributed by atoms with van der Waals surface area (Å²) in [6.07, 6.45) is 6.06. The molecule has 1 aromatic heterocycles. The summed E-state index contributed by atoms with van der Waals surface area (Å²) in [5.41, 5.74) is 1.74. The average Bonchev–Trinajstić information content (AvgIpc) is 2.85. The lowest BCUT2D eigenvalue weighted by molar-refractivity contribution is -0.114. The number of aromatic nitrogens is 2. The summed E-state index contributed by atoms with van der Waals surface area (Å²) in [5.74, 6) is 0.770. The summed E-state index contributed by atoms with van der Waals surface area (Å²) in [5, 5.41) is 6.02. The predicted octanol–water partition coefficient (Wildman–Crippen LogP) is 3.39. The Kier molecular flexibility index (Phi) is 4.76. The van der Waals surface area contributed by atoms with E-state index in [1.165, 1.54) is 6.92 Å². The van der Waals surface area contributed by atoms with E-state index in [2.05, 4.69) is 27.1 Å². The number of hydrogen-bond acceptors (Lipinski definition) is 3. The van der Waals surface area contributed by atoms with Gasteiger partial charge in [-0.05, 0) is 30.7 Å². The van der Waals surface area contributed by atoms with Gasteiger partial charge in [0.2, 0.25) is 11.9 Å². The molecule has 0 aliphatic carbocycles.